The molecule has 1 heterocycles. The summed E-state index contributed by atoms with van der Waals surface area (Å²) in [5.41, 5.74) is 2.24. The maximum atomic E-state index is 12.8. The second-order valence-electron chi connectivity index (χ2n) is 3.47. The van der Waals surface area contributed by atoms with Crippen LogP contribution in [0.4, 0.5) is 4.39 Å². The molecule has 0 saturated heterocycles. The van der Waals surface area contributed by atoms with E-state index in [4.69, 9.17) is 0 Å². The van der Waals surface area contributed by atoms with E-state index in [0.29, 0.717) is 5.69 Å². The van der Waals surface area contributed by atoms with E-state index >= 15 is 0 Å². The van der Waals surface area contributed by atoms with Crippen molar-refractivity contribution < 1.29 is 9.50 Å². The predicted molar refractivity (Wildman–Crippen MR) is 54.7 cm³/mol. The second kappa shape index (κ2) is 3.38. The van der Waals surface area contributed by atoms with Crippen LogP contribution in [0.5, 0.6) is 5.75 Å². The van der Waals surface area contributed by atoms with E-state index in [1.165, 1.54) is 12.1 Å². The summed E-state index contributed by atoms with van der Waals surface area (Å²) in [4.78, 5) is 0. The van der Waals surface area contributed by atoms with E-state index in [9.17, 15) is 9.50 Å². The zero-order valence-corrected chi connectivity index (χ0v) is 8.53. The third kappa shape index (κ3) is 1.70. The molecular formula is C11H11FN2O. The maximum Gasteiger partial charge on any atom is 0.144 e. The Balaban J connectivity index is 2.59. The van der Waals surface area contributed by atoms with Crippen molar-refractivity contribution in [2.45, 2.75) is 13.8 Å². The van der Waals surface area contributed by atoms with Gasteiger partial charge in [0.05, 0.1) is 5.69 Å². The lowest BCUT2D eigenvalue weighted by Crippen LogP contribution is -1.99. The molecule has 1 N–H and O–H groups in total. The number of benzene rings is 1. The van der Waals surface area contributed by atoms with E-state index in [1.807, 2.05) is 19.9 Å². The fourth-order valence-corrected chi connectivity index (χ4v) is 1.55. The monoisotopic (exact) mass is 206 g/mol. The van der Waals surface area contributed by atoms with Crippen LogP contribution in [0.2, 0.25) is 0 Å². The Bertz CT molecular complexity index is 505. The molecule has 1 aromatic heterocycles. The lowest BCUT2D eigenvalue weighted by atomic mass is 10.3. The van der Waals surface area contributed by atoms with Gasteiger partial charge in [0.2, 0.25) is 0 Å². The Kier molecular flexibility index (Phi) is 2.19. The lowest BCUT2D eigenvalue weighted by molar-refractivity contribution is 0.463. The number of nitrogens with zero attached hydrogens (tertiary/aromatic N) is 2. The van der Waals surface area contributed by atoms with Gasteiger partial charge in [-0.05, 0) is 32.0 Å². The summed E-state index contributed by atoms with van der Waals surface area (Å²) >= 11 is 0. The van der Waals surface area contributed by atoms with Gasteiger partial charge in [0.1, 0.15) is 17.3 Å². The van der Waals surface area contributed by atoms with Crippen molar-refractivity contribution in [3.8, 4) is 11.4 Å². The van der Waals surface area contributed by atoms with Crippen molar-refractivity contribution in [3.05, 3.63) is 41.5 Å². The van der Waals surface area contributed by atoms with Gasteiger partial charge in [-0.15, -0.1) is 0 Å². The maximum absolute atomic E-state index is 12.8. The number of aryl methyl sites for hydroxylation is 2. The normalized spacial score (nSPS) is 10.6. The number of hydrogen-bond donors (Lipinski definition) is 1. The molecule has 0 radical (unpaired) electrons. The van der Waals surface area contributed by atoms with Gasteiger partial charge in [-0.25, -0.2) is 9.07 Å². The first kappa shape index (κ1) is 9.71. The summed E-state index contributed by atoms with van der Waals surface area (Å²) in [6, 6.07) is 5.77. The number of halogens is 1. The Hall–Kier alpha value is -1.84. The van der Waals surface area contributed by atoms with E-state index in [-0.39, 0.29) is 5.75 Å². The van der Waals surface area contributed by atoms with Gasteiger partial charge >= 0.3 is 0 Å². The third-order valence-corrected chi connectivity index (χ3v) is 2.18. The van der Waals surface area contributed by atoms with Crippen molar-refractivity contribution in [1.29, 1.82) is 0 Å². The third-order valence-electron chi connectivity index (χ3n) is 2.18. The highest BCUT2D eigenvalue weighted by Crippen LogP contribution is 2.23. The number of aromatic hydroxyl groups is 1. The Morgan fingerprint density at radius 2 is 2.00 bits per heavy atom. The van der Waals surface area contributed by atoms with Crippen LogP contribution < -0.4 is 0 Å². The molecule has 2 aromatic rings. The molecule has 4 heteroatoms. The molecule has 0 aliphatic heterocycles. The Morgan fingerprint density at radius 1 is 1.27 bits per heavy atom. The lowest BCUT2D eigenvalue weighted by Gasteiger charge is -2.06. The number of rotatable bonds is 1. The van der Waals surface area contributed by atoms with Crippen molar-refractivity contribution >= 4 is 0 Å². The number of phenols is 1. The SMILES string of the molecule is Cc1cc(C)n(-c2ccc(F)cc2O)n1. The summed E-state index contributed by atoms with van der Waals surface area (Å²) in [5.74, 6) is -0.570. The molecule has 3 nitrogen and oxygen atoms in total. The van der Waals surface area contributed by atoms with Crippen LogP contribution in [0, 0.1) is 19.7 Å². The van der Waals surface area contributed by atoms with Gasteiger partial charge in [0, 0.05) is 11.8 Å². The van der Waals surface area contributed by atoms with E-state index in [1.54, 1.807) is 4.68 Å². The number of phenolic OH excluding ortho intramolecular Hbond substituents is 1. The molecule has 0 bridgehead atoms. The van der Waals surface area contributed by atoms with Crippen LogP contribution in [0.25, 0.3) is 5.69 Å². The smallest absolute Gasteiger partial charge is 0.144 e. The molecule has 0 fully saturated rings. The van der Waals surface area contributed by atoms with E-state index in [0.717, 1.165) is 17.5 Å². The molecule has 78 valence electrons. The highest BCUT2D eigenvalue weighted by molar-refractivity contribution is 5.46. The van der Waals surface area contributed by atoms with Gasteiger partial charge in [-0.3, -0.25) is 0 Å². The molecule has 0 aliphatic carbocycles. The van der Waals surface area contributed by atoms with E-state index < -0.39 is 5.82 Å². The molecular weight excluding hydrogens is 195 g/mol. The van der Waals surface area contributed by atoms with Gasteiger partial charge in [-0.2, -0.15) is 5.10 Å². The average molecular weight is 206 g/mol. The average Bonchev–Trinajstić information content (AvgIpc) is 2.45. The fraction of sp³-hybridized carbons (Fsp3) is 0.182. The first-order chi connectivity index (χ1) is 7.08. The molecule has 0 aliphatic rings. The van der Waals surface area contributed by atoms with Crippen LogP contribution >= 0.6 is 0 Å². The highest BCUT2D eigenvalue weighted by Gasteiger charge is 2.08. The molecule has 0 atom stereocenters. The molecule has 15 heavy (non-hydrogen) atoms. The van der Waals surface area contributed by atoms with Gasteiger partial charge < -0.3 is 5.11 Å². The molecule has 2 rings (SSSR count). The van der Waals surface area contributed by atoms with Crippen LogP contribution in [0.1, 0.15) is 11.4 Å². The molecule has 0 spiro atoms. The zero-order chi connectivity index (χ0) is 11.0. The Labute approximate surface area is 86.8 Å². The highest BCUT2D eigenvalue weighted by atomic mass is 19.1. The second-order valence-corrected chi connectivity index (χ2v) is 3.47. The van der Waals surface area contributed by atoms with Crippen molar-refractivity contribution in [3.63, 3.8) is 0 Å². The number of hydrogen-bond acceptors (Lipinski definition) is 2. The van der Waals surface area contributed by atoms with Crippen LogP contribution in [-0.2, 0) is 0 Å². The van der Waals surface area contributed by atoms with Crippen molar-refractivity contribution in [2.75, 3.05) is 0 Å². The fourth-order valence-electron chi connectivity index (χ4n) is 1.55. The topological polar surface area (TPSA) is 38.0 Å². The standard InChI is InChI=1S/C11H11FN2O/c1-7-5-8(2)14(13-7)10-4-3-9(12)6-11(10)15/h3-6,15H,1-2H3. The van der Waals surface area contributed by atoms with Gasteiger partial charge in [-0.1, -0.05) is 0 Å². The largest absolute Gasteiger partial charge is 0.506 e. The first-order valence-electron chi connectivity index (χ1n) is 4.60. The first-order valence-corrected chi connectivity index (χ1v) is 4.60. The van der Waals surface area contributed by atoms with Crippen molar-refractivity contribution in [2.24, 2.45) is 0 Å². The van der Waals surface area contributed by atoms with E-state index in [2.05, 4.69) is 5.10 Å². The molecule has 0 amide bonds. The Morgan fingerprint density at radius 3 is 2.53 bits per heavy atom. The minimum atomic E-state index is -0.460. The minimum Gasteiger partial charge on any atom is -0.506 e. The summed E-state index contributed by atoms with van der Waals surface area (Å²) in [5, 5.41) is 13.8. The summed E-state index contributed by atoms with van der Waals surface area (Å²) in [6.07, 6.45) is 0. The summed E-state index contributed by atoms with van der Waals surface area (Å²) < 4.78 is 14.4. The predicted octanol–water partition coefficient (Wildman–Crippen LogP) is 2.33. The van der Waals surface area contributed by atoms with Crippen LogP contribution in [0.15, 0.2) is 24.3 Å². The number of aromatic nitrogens is 2. The van der Waals surface area contributed by atoms with Gasteiger partial charge in [0.25, 0.3) is 0 Å². The van der Waals surface area contributed by atoms with Gasteiger partial charge in [0.15, 0.2) is 0 Å². The molecule has 1 aromatic carbocycles. The zero-order valence-electron chi connectivity index (χ0n) is 8.53. The quantitative estimate of drug-likeness (QED) is 0.777. The van der Waals surface area contributed by atoms with Crippen LogP contribution in [0.3, 0.4) is 0 Å². The summed E-state index contributed by atoms with van der Waals surface area (Å²) in [6.45, 7) is 3.74. The summed E-state index contributed by atoms with van der Waals surface area (Å²) in [7, 11) is 0. The van der Waals surface area contributed by atoms with Crippen LogP contribution in [-0.4, -0.2) is 14.9 Å². The molecule has 0 saturated carbocycles. The molecule has 0 unspecified atom stereocenters. The van der Waals surface area contributed by atoms with Crippen molar-refractivity contribution in [1.82, 2.24) is 9.78 Å². The minimum absolute atomic E-state index is 0.110.